The number of hydrogen-bond donors (Lipinski definition) is 2. The van der Waals surface area contributed by atoms with Gasteiger partial charge in [0, 0.05) is 0 Å². The van der Waals surface area contributed by atoms with Gasteiger partial charge in [-0.2, -0.15) is 0 Å². The molecule has 0 heterocycles. The monoisotopic (exact) mass is 309 g/mol. The fraction of sp³-hybridized carbons (Fsp3) is 0.200. The molecular formula is C15H16FNO3S. The molecule has 0 spiro atoms. The first-order chi connectivity index (χ1) is 9.83. The molecule has 0 aliphatic rings. The van der Waals surface area contributed by atoms with E-state index in [9.17, 15) is 12.8 Å². The van der Waals surface area contributed by atoms with Gasteiger partial charge in [0.1, 0.15) is 10.7 Å². The SMILES string of the molecule is Cc1ccc(C)c(NS(=O)(=O)c2ccc(CO)cc2F)c1. The normalized spacial score (nSPS) is 11.4. The Morgan fingerprint density at radius 3 is 2.48 bits per heavy atom. The van der Waals surface area contributed by atoms with Gasteiger partial charge < -0.3 is 5.11 Å². The molecule has 2 aromatic carbocycles. The number of halogens is 1. The summed E-state index contributed by atoms with van der Waals surface area (Å²) in [6, 6.07) is 8.88. The maximum atomic E-state index is 13.9. The smallest absolute Gasteiger partial charge is 0.264 e. The third-order valence-electron chi connectivity index (χ3n) is 3.11. The second kappa shape index (κ2) is 5.83. The second-order valence-corrected chi connectivity index (χ2v) is 6.50. The molecule has 0 aliphatic carbocycles. The fourth-order valence-electron chi connectivity index (χ4n) is 1.91. The largest absolute Gasteiger partial charge is 0.392 e. The highest BCUT2D eigenvalue weighted by atomic mass is 32.2. The van der Waals surface area contributed by atoms with Crippen molar-refractivity contribution in [2.75, 3.05) is 4.72 Å². The number of benzene rings is 2. The lowest BCUT2D eigenvalue weighted by Gasteiger charge is -2.12. The number of anilines is 1. The van der Waals surface area contributed by atoms with E-state index in [1.807, 2.05) is 13.0 Å². The number of rotatable bonds is 4. The van der Waals surface area contributed by atoms with E-state index in [2.05, 4.69) is 4.72 Å². The summed E-state index contributed by atoms with van der Waals surface area (Å²) in [7, 11) is -4.01. The van der Waals surface area contributed by atoms with Gasteiger partial charge in [0.05, 0.1) is 12.3 Å². The average Bonchev–Trinajstić information content (AvgIpc) is 2.42. The average molecular weight is 309 g/mol. The third kappa shape index (κ3) is 3.40. The van der Waals surface area contributed by atoms with Crippen LogP contribution in [0.1, 0.15) is 16.7 Å². The number of aliphatic hydroxyl groups is 1. The maximum Gasteiger partial charge on any atom is 0.264 e. The van der Waals surface area contributed by atoms with E-state index in [-0.39, 0.29) is 6.61 Å². The molecule has 0 bridgehead atoms. The molecule has 0 radical (unpaired) electrons. The molecule has 0 saturated heterocycles. The molecule has 0 aliphatic heterocycles. The number of sulfonamides is 1. The van der Waals surface area contributed by atoms with Gasteiger partial charge in [-0.25, -0.2) is 12.8 Å². The van der Waals surface area contributed by atoms with Gasteiger partial charge in [-0.15, -0.1) is 0 Å². The first-order valence-corrected chi connectivity index (χ1v) is 7.81. The van der Waals surface area contributed by atoms with Crippen molar-refractivity contribution >= 4 is 15.7 Å². The predicted octanol–water partition coefficient (Wildman–Crippen LogP) is 2.74. The first-order valence-electron chi connectivity index (χ1n) is 6.33. The molecule has 2 rings (SSSR count). The molecule has 6 heteroatoms. The Labute approximate surface area is 123 Å². The molecule has 112 valence electrons. The second-order valence-electron chi connectivity index (χ2n) is 4.85. The molecule has 21 heavy (non-hydrogen) atoms. The summed E-state index contributed by atoms with van der Waals surface area (Å²) in [5.74, 6) is -0.889. The van der Waals surface area contributed by atoms with Crippen LogP contribution in [0.2, 0.25) is 0 Å². The van der Waals surface area contributed by atoms with Crippen LogP contribution in [0.25, 0.3) is 0 Å². The molecule has 0 aromatic heterocycles. The summed E-state index contributed by atoms with van der Waals surface area (Å²) in [5.41, 5.74) is 2.38. The summed E-state index contributed by atoms with van der Waals surface area (Å²) in [6.07, 6.45) is 0. The summed E-state index contributed by atoms with van der Waals surface area (Å²) in [5, 5.41) is 8.93. The van der Waals surface area contributed by atoms with Crippen LogP contribution in [0.3, 0.4) is 0 Å². The van der Waals surface area contributed by atoms with Crippen LogP contribution in [0.5, 0.6) is 0 Å². The van der Waals surface area contributed by atoms with E-state index in [4.69, 9.17) is 5.11 Å². The van der Waals surface area contributed by atoms with Crippen molar-refractivity contribution in [1.29, 1.82) is 0 Å². The van der Waals surface area contributed by atoms with Crippen LogP contribution < -0.4 is 4.72 Å². The van der Waals surface area contributed by atoms with Crippen molar-refractivity contribution < 1.29 is 17.9 Å². The van der Waals surface area contributed by atoms with Crippen molar-refractivity contribution in [2.45, 2.75) is 25.3 Å². The van der Waals surface area contributed by atoms with Gasteiger partial charge >= 0.3 is 0 Å². The van der Waals surface area contributed by atoms with Crippen molar-refractivity contribution in [3.8, 4) is 0 Å². The summed E-state index contributed by atoms with van der Waals surface area (Å²) >= 11 is 0. The minimum atomic E-state index is -4.01. The molecule has 0 fully saturated rings. The Bertz CT molecular complexity index is 772. The van der Waals surface area contributed by atoms with E-state index in [0.717, 1.165) is 23.3 Å². The van der Waals surface area contributed by atoms with E-state index in [1.54, 1.807) is 19.1 Å². The molecule has 0 atom stereocenters. The molecule has 2 N–H and O–H groups in total. The Hall–Kier alpha value is -1.92. The van der Waals surface area contributed by atoms with Gasteiger partial charge in [0.15, 0.2) is 0 Å². The zero-order chi connectivity index (χ0) is 15.6. The zero-order valence-electron chi connectivity index (χ0n) is 11.7. The number of aliphatic hydroxyl groups excluding tert-OH is 1. The first kappa shape index (κ1) is 15.5. The van der Waals surface area contributed by atoms with Crippen LogP contribution in [0.15, 0.2) is 41.3 Å². The number of aryl methyl sites for hydroxylation is 2. The number of hydrogen-bond acceptors (Lipinski definition) is 3. The van der Waals surface area contributed by atoms with Crippen molar-refractivity contribution in [3.63, 3.8) is 0 Å². The highest BCUT2D eigenvalue weighted by Crippen LogP contribution is 2.23. The lowest BCUT2D eigenvalue weighted by molar-refractivity contribution is 0.281. The van der Waals surface area contributed by atoms with Crippen LogP contribution in [-0.2, 0) is 16.6 Å². The fourth-order valence-corrected chi connectivity index (χ4v) is 3.09. The summed E-state index contributed by atoms with van der Waals surface area (Å²) in [4.78, 5) is -0.444. The molecule has 0 unspecified atom stereocenters. The van der Waals surface area contributed by atoms with E-state index < -0.39 is 20.7 Å². The van der Waals surface area contributed by atoms with E-state index in [0.29, 0.717) is 11.3 Å². The van der Waals surface area contributed by atoms with Crippen molar-refractivity contribution in [2.24, 2.45) is 0 Å². The molecular weight excluding hydrogens is 293 g/mol. The lowest BCUT2D eigenvalue weighted by atomic mass is 10.1. The Kier molecular flexibility index (Phi) is 4.29. The van der Waals surface area contributed by atoms with Crippen LogP contribution in [0, 0.1) is 19.7 Å². The van der Waals surface area contributed by atoms with Gasteiger partial charge in [0.2, 0.25) is 0 Å². The molecule has 2 aromatic rings. The number of nitrogens with one attached hydrogen (secondary N) is 1. The standard InChI is InChI=1S/C15H16FNO3S/c1-10-3-4-11(2)14(7-10)17-21(19,20)15-6-5-12(9-18)8-13(15)16/h3-8,17-18H,9H2,1-2H3. The summed E-state index contributed by atoms with van der Waals surface area (Å²) < 4.78 is 40.8. The lowest BCUT2D eigenvalue weighted by Crippen LogP contribution is -2.15. The van der Waals surface area contributed by atoms with Crippen LogP contribution in [0.4, 0.5) is 10.1 Å². The molecule has 0 amide bonds. The third-order valence-corrected chi connectivity index (χ3v) is 4.50. The van der Waals surface area contributed by atoms with Crippen LogP contribution in [-0.4, -0.2) is 13.5 Å². The minimum absolute atomic E-state index is 0.318. The maximum absolute atomic E-state index is 13.9. The van der Waals surface area contributed by atoms with E-state index >= 15 is 0 Å². The topological polar surface area (TPSA) is 66.4 Å². The van der Waals surface area contributed by atoms with Gasteiger partial charge in [-0.1, -0.05) is 18.2 Å². The van der Waals surface area contributed by atoms with Crippen molar-refractivity contribution in [3.05, 3.63) is 58.9 Å². The molecule has 0 saturated carbocycles. The molecule has 4 nitrogen and oxygen atoms in total. The zero-order valence-corrected chi connectivity index (χ0v) is 12.5. The Morgan fingerprint density at radius 2 is 1.86 bits per heavy atom. The van der Waals surface area contributed by atoms with Gasteiger partial charge in [0.25, 0.3) is 10.0 Å². The highest BCUT2D eigenvalue weighted by Gasteiger charge is 2.20. The highest BCUT2D eigenvalue weighted by molar-refractivity contribution is 7.92. The van der Waals surface area contributed by atoms with Gasteiger partial charge in [-0.3, -0.25) is 4.72 Å². The summed E-state index contributed by atoms with van der Waals surface area (Å²) in [6.45, 7) is 3.26. The Balaban J connectivity index is 2.41. The Morgan fingerprint density at radius 1 is 1.14 bits per heavy atom. The minimum Gasteiger partial charge on any atom is -0.392 e. The van der Waals surface area contributed by atoms with Crippen LogP contribution >= 0.6 is 0 Å². The van der Waals surface area contributed by atoms with Gasteiger partial charge in [-0.05, 0) is 48.7 Å². The van der Waals surface area contributed by atoms with Crippen molar-refractivity contribution in [1.82, 2.24) is 0 Å². The predicted molar refractivity (Wildman–Crippen MR) is 79.0 cm³/mol. The quantitative estimate of drug-likeness (QED) is 0.912. The van der Waals surface area contributed by atoms with E-state index in [1.165, 1.54) is 6.07 Å².